The Morgan fingerprint density at radius 1 is 0.767 bits per heavy atom. The molecule has 5 nitrogen and oxygen atoms in total. The number of imidazole rings is 1. The fourth-order valence-electron chi connectivity index (χ4n) is 4.30. The number of nitrogens with zero attached hydrogens (tertiary/aromatic N) is 4. The largest absolute Gasteiger partial charge is 0.337 e. The standard InChI is InChI=1S/C25H19N5/c1-25(2)17-8-4-3-7-16(17)22-18(25)14-27-23(30-22)15-11-12-21(26-13-15)24-28-19-9-5-6-10-20(19)29-24/h3-14H,1-2H3,(H,28,29). The zero-order valence-corrected chi connectivity index (χ0v) is 16.7. The topological polar surface area (TPSA) is 67.3 Å². The second kappa shape index (κ2) is 6.07. The van der Waals surface area contributed by atoms with E-state index in [1.165, 1.54) is 16.7 Å². The van der Waals surface area contributed by atoms with E-state index < -0.39 is 0 Å². The molecular weight excluding hydrogens is 370 g/mol. The van der Waals surface area contributed by atoms with Crippen LogP contribution in [-0.2, 0) is 5.41 Å². The zero-order valence-electron chi connectivity index (χ0n) is 16.7. The van der Waals surface area contributed by atoms with Gasteiger partial charge in [0.1, 0.15) is 5.69 Å². The number of hydrogen-bond donors (Lipinski definition) is 1. The summed E-state index contributed by atoms with van der Waals surface area (Å²) in [4.78, 5) is 22.1. The van der Waals surface area contributed by atoms with Crippen molar-refractivity contribution in [3.05, 3.63) is 84.2 Å². The number of rotatable bonds is 2. The molecular formula is C25H19N5. The first kappa shape index (κ1) is 17.0. The molecule has 3 aromatic heterocycles. The average Bonchev–Trinajstić information content (AvgIpc) is 3.32. The maximum Gasteiger partial charge on any atom is 0.161 e. The Morgan fingerprint density at radius 3 is 2.43 bits per heavy atom. The molecule has 0 bridgehead atoms. The van der Waals surface area contributed by atoms with Gasteiger partial charge in [0, 0.05) is 34.5 Å². The van der Waals surface area contributed by atoms with E-state index in [1.54, 1.807) is 0 Å². The minimum atomic E-state index is -0.0894. The molecule has 30 heavy (non-hydrogen) atoms. The van der Waals surface area contributed by atoms with Gasteiger partial charge in [-0.05, 0) is 29.8 Å². The normalized spacial score (nSPS) is 13.9. The fraction of sp³-hybridized carbons (Fsp3) is 0.120. The second-order valence-electron chi connectivity index (χ2n) is 8.16. The SMILES string of the molecule is CC1(C)c2ccccc2-c2nc(-c3ccc(-c4nc5ccccc5[nH]4)nc3)ncc21. The van der Waals surface area contributed by atoms with E-state index in [1.807, 2.05) is 48.8 Å². The molecule has 0 atom stereocenters. The van der Waals surface area contributed by atoms with Crippen molar-refractivity contribution in [3.8, 4) is 34.2 Å². The van der Waals surface area contributed by atoms with Crippen molar-refractivity contribution in [1.82, 2.24) is 24.9 Å². The first-order valence-corrected chi connectivity index (χ1v) is 10.0. The third-order valence-corrected chi connectivity index (χ3v) is 5.97. The molecule has 0 amide bonds. The van der Waals surface area contributed by atoms with Crippen molar-refractivity contribution in [2.24, 2.45) is 0 Å². The van der Waals surface area contributed by atoms with Crippen LogP contribution < -0.4 is 0 Å². The van der Waals surface area contributed by atoms with Gasteiger partial charge in [-0.2, -0.15) is 0 Å². The highest BCUT2D eigenvalue weighted by Gasteiger charge is 2.36. The second-order valence-corrected chi connectivity index (χ2v) is 8.16. The molecule has 1 N–H and O–H groups in total. The quantitative estimate of drug-likeness (QED) is 0.440. The monoisotopic (exact) mass is 389 g/mol. The number of pyridine rings is 1. The number of aromatic amines is 1. The van der Waals surface area contributed by atoms with Crippen LogP contribution in [0.2, 0.25) is 0 Å². The van der Waals surface area contributed by atoms with Crippen LogP contribution in [0.1, 0.15) is 25.0 Å². The van der Waals surface area contributed by atoms with E-state index in [0.717, 1.165) is 33.8 Å². The Bertz CT molecular complexity index is 1380. The third kappa shape index (κ3) is 2.42. The summed E-state index contributed by atoms with van der Waals surface area (Å²) in [5.41, 5.74) is 8.19. The van der Waals surface area contributed by atoms with Gasteiger partial charge in [-0.25, -0.2) is 15.0 Å². The number of aromatic nitrogens is 5. The number of para-hydroxylation sites is 2. The molecule has 0 unspecified atom stereocenters. The predicted octanol–water partition coefficient (Wildman–Crippen LogP) is 5.39. The third-order valence-electron chi connectivity index (χ3n) is 5.97. The molecule has 5 aromatic rings. The van der Waals surface area contributed by atoms with Crippen LogP contribution >= 0.6 is 0 Å². The lowest BCUT2D eigenvalue weighted by atomic mass is 9.83. The van der Waals surface area contributed by atoms with E-state index in [4.69, 9.17) is 4.98 Å². The summed E-state index contributed by atoms with van der Waals surface area (Å²) in [6.45, 7) is 4.45. The molecule has 0 radical (unpaired) electrons. The molecule has 0 spiro atoms. The summed E-state index contributed by atoms with van der Waals surface area (Å²) in [5.74, 6) is 1.44. The van der Waals surface area contributed by atoms with Crippen LogP contribution in [0.3, 0.4) is 0 Å². The van der Waals surface area contributed by atoms with Crippen molar-refractivity contribution in [2.45, 2.75) is 19.3 Å². The molecule has 1 aliphatic rings. The summed E-state index contributed by atoms with van der Waals surface area (Å²) < 4.78 is 0. The number of benzene rings is 2. The fourth-order valence-corrected chi connectivity index (χ4v) is 4.30. The van der Waals surface area contributed by atoms with Crippen LogP contribution in [0.5, 0.6) is 0 Å². The highest BCUT2D eigenvalue weighted by molar-refractivity contribution is 5.80. The van der Waals surface area contributed by atoms with E-state index in [9.17, 15) is 0 Å². The first-order valence-electron chi connectivity index (χ1n) is 10.0. The lowest BCUT2D eigenvalue weighted by Crippen LogP contribution is -2.15. The lowest BCUT2D eigenvalue weighted by Gasteiger charge is -2.20. The lowest BCUT2D eigenvalue weighted by molar-refractivity contribution is 0.655. The summed E-state index contributed by atoms with van der Waals surface area (Å²) in [5, 5.41) is 0. The summed E-state index contributed by atoms with van der Waals surface area (Å²) in [6.07, 6.45) is 3.78. The molecule has 2 aromatic carbocycles. The molecule has 5 heteroatoms. The van der Waals surface area contributed by atoms with Crippen LogP contribution in [0.15, 0.2) is 73.1 Å². The molecule has 0 saturated heterocycles. The van der Waals surface area contributed by atoms with Crippen molar-refractivity contribution in [1.29, 1.82) is 0 Å². The molecule has 3 heterocycles. The van der Waals surface area contributed by atoms with Crippen molar-refractivity contribution >= 4 is 11.0 Å². The highest BCUT2D eigenvalue weighted by Crippen LogP contribution is 2.47. The summed E-state index contributed by atoms with van der Waals surface area (Å²) in [7, 11) is 0. The summed E-state index contributed by atoms with van der Waals surface area (Å²) >= 11 is 0. The van der Waals surface area contributed by atoms with Crippen LogP contribution in [-0.4, -0.2) is 24.9 Å². The maximum absolute atomic E-state index is 4.92. The van der Waals surface area contributed by atoms with Crippen molar-refractivity contribution < 1.29 is 0 Å². The van der Waals surface area contributed by atoms with Gasteiger partial charge in [-0.3, -0.25) is 4.98 Å². The van der Waals surface area contributed by atoms with Crippen LogP contribution in [0.25, 0.3) is 45.2 Å². The average molecular weight is 389 g/mol. The Labute approximate surface area is 173 Å². The minimum absolute atomic E-state index is 0.0894. The molecule has 0 fully saturated rings. The van der Waals surface area contributed by atoms with E-state index in [-0.39, 0.29) is 5.41 Å². The zero-order chi connectivity index (χ0) is 20.3. The molecule has 144 valence electrons. The molecule has 6 rings (SSSR count). The van der Waals surface area contributed by atoms with Crippen LogP contribution in [0.4, 0.5) is 0 Å². The summed E-state index contributed by atoms with van der Waals surface area (Å²) in [6, 6.07) is 20.4. The Kier molecular flexibility index (Phi) is 3.45. The minimum Gasteiger partial charge on any atom is -0.337 e. The highest BCUT2D eigenvalue weighted by atomic mass is 15.0. The Morgan fingerprint density at radius 2 is 1.60 bits per heavy atom. The van der Waals surface area contributed by atoms with Gasteiger partial charge in [-0.1, -0.05) is 50.2 Å². The van der Waals surface area contributed by atoms with Gasteiger partial charge in [0.15, 0.2) is 11.6 Å². The number of nitrogens with one attached hydrogen (secondary N) is 1. The van der Waals surface area contributed by atoms with Crippen molar-refractivity contribution in [2.75, 3.05) is 0 Å². The van der Waals surface area contributed by atoms with E-state index in [0.29, 0.717) is 5.82 Å². The Hall–Kier alpha value is -3.86. The molecule has 0 saturated carbocycles. The van der Waals surface area contributed by atoms with Crippen molar-refractivity contribution in [3.63, 3.8) is 0 Å². The first-order chi connectivity index (χ1) is 14.6. The number of H-pyrrole nitrogens is 1. The van der Waals surface area contributed by atoms with Gasteiger partial charge in [0.25, 0.3) is 0 Å². The number of hydrogen-bond acceptors (Lipinski definition) is 4. The van der Waals surface area contributed by atoms with Gasteiger partial charge in [0.2, 0.25) is 0 Å². The van der Waals surface area contributed by atoms with E-state index >= 15 is 0 Å². The molecule has 0 aliphatic heterocycles. The van der Waals surface area contributed by atoms with Gasteiger partial charge >= 0.3 is 0 Å². The maximum atomic E-state index is 4.92. The smallest absolute Gasteiger partial charge is 0.161 e. The van der Waals surface area contributed by atoms with Gasteiger partial charge < -0.3 is 4.98 Å². The Balaban J connectivity index is 1.40. The number of fused-ring (bicyclic) bond motifs is 4. The van der Waals surface area contributed by atoms with Crippen LogP contribution in [0, 0.1) is 0 Å². The predicted molar refractivity (Wildman–Crippen MR) is 118 cm³/mol. The van der Waals surface area contributed by atoms with Gasteiger partial charge in [-0.15, -0.1) is 0 Å². The molecule has 1 aliphatic carbocycles. The van der Waals surface area contributed by atoms with Gasteiger partial charge in [0.05, 0.1) is 16.7 Å². The van der Waals surface area contributed by atoms with E-state index in [2.05, 4.69) is 58.0 Å².